The lowest BCUT2D eigenvalue weighted by atomic mass is 10.0. The number of nitrogens with one attached hydrogen (secondary N) is 1. The van der Waals surface area contributed by atoms with Crippen molar-refractivity contribution in [2.45, 2.75) is 45.7 Å². The first kappa shape index (κ1) is 17.3. The number of rotatable bonds is 8. The van der Waals surface area contributed by atoms with Gasteiger partial charge in [0.2, 0.25) is 0 Å². The van der Waals surface area contributed by atoms with E-state index in [1.807, 2.05) is 39.0 Å². The van der Waals surface area contributed by atoms with Crippen molar-refractivity contribution in [3.05, 3.63) is 23.8 Å². The van der Waals surface area contributed by atoms with Gasteiger partial charge in [-0.3, -0.25) is 4.79 Å². The number of benzene rings is 1. The van der Waals surface area contributed by atoms with E-state index in [-0.39, 0.29) is 24.6 Å². The predicted molar refractivity (Wildman–Crippen MR) is 83.7 cm³/mol. The van der Waals surface area contributed by atoms with Crippen LogP contribution in [0.4, 0.5) is 0 Å². The zero-order valence-corrected chi connectivity index (χ0v) is 13.3. The van der Waals surface area contributed by atoms with E-state index in [0.717, 1.165) is 12.0 Å². The molecule has 118 valence electrons. The smallest absolute Gasteiger partial charge is 0.258 e. The zero-order valence-electron chi connectivity index (χ0n) is 13.3. The van der Waals surface area contributed by atoms with Gasteiger partial charge in [-0.15, -0.1) is 0 Å². The largest absolute Gasteiger partial charge is 0.493 e. The van der Waals surface area contributed by atoms with E-state index in [1.54, 1.807) is 7.11 Å². The molecule has 1 atom stereocenters. The molecule has 0 aliphatic rings. The number of carbonyl (C=O) groups excluding carboxylic acids is 1. The Morgan fingerprint density at radius 3 is 2.67 bits per heavy atom. The Labute approximate surface area is 126 Å². The minimum atomic E-state index is -0.151. The summed E-state index contributed by atoms with van der Waals surface area (Å²) in [5, 5.41) is 2.79. The van der Waals surface area contributed by atoms with Gasteiger partial charge in [0, 0.05) is 12.1 Å². The van der Waals surface area contributed by atoms with Crippen LogP contribution in [0.1, 0.15) is 32.8 Å². The van der Waals surface area contributed by atoms with Crippen molar-refractivity contribution in [1.29, 1.82) is 0 Å². The standard InChI is InChI=1S/C16H26N2O3/c1-5-13(17)9-12-7-6-8-14(20-4)16(12)21-10-15(19)18-11(2)3/h6-8,11,13H,5,9-10,17H2,1-4H3,(H,18,19). The summed E-state index contributed by atoms with van der Waals surface area (Å²) in [4.78, 5) is 11.7. The highest BCUT2D eigenvalue weighted by atomic mass is 16.5. The first-order valence-corrected chi connectivity index (χ1v) is 7.31. The number of ether oxygens (including phenoxy) is 2. The highest BCUT2D eigenvalue weighted by molar-refractivity contribution is 5.77. The van der Waals surface area contributed by atoms with Gasteiger partial charge in [0.15, 0.2) is 18.1 Å². The summed E-state index contributed by atoms with van der Waals surface area (Å²) < 4.78 is 11.0. The Morgan fingerprint density at radius 1 is 1.38 bits per heavy atom. The molecular formula is C16H26N2O3. The van der Waals surface area contributed by atoms with Crippen molar-refractivity contribution in [1.82, 2.24) is 5.32 Å². The van der Waals surface area contributed by atoms with E-state index in [2.05, 4.69) is 5.32 Å². The van der Waals surface area contributed by atoms with Crippen molar-refractivity contribution in [2.24, 2.45) is 5.73 Å². The third-order valence-electron chi connectivity index (χ3n) is 3.08. The molecular weight excluding hydrogens is 268 g/mol. The SMILES string of the molecule is CCC(N)Cc1cccc(OC)c1OCC(=O)NC(C)C. The molecule has 1 aromatic rings. The molecule has 0 aliphatic heterocycles. The monoisotopic (exact) mass is 294 g/mol. The van der Waals surface area contributed by atoms with Crippen LogP contribution in [0.2, 0.25) is 0 Å². The van der Waals surface area contributed by atoms with Crippen LogP contribution in [-0.2, 0) is 11.2 Å². The maximum atomic E-state index is 11.7. The van der Waals surface area contributed by atoms with E-state index in [0.29, 0.717) is 17.9 Å². The minimum absolute atomic E-state index is 0.0348. The molecule has 5 nitrogen and oxygen atoms in total. The summed E-state index contributed by atoms with van der Waals surface area (Å²) in [6.45, 7) is 5.83. The molecule has 1 rings (SSSR count). The van der Waals surface area contributed by atoms with Crippen molar-refractivity contribution in [3.63, 3.8) is 0 Å². The molecule has 1 aromatic carbocycles. The fourth-order valence-electron chi connectivity index (χ4n) is 1.97. The fraction of sp³-hybridized carbons (Fsp3) is 0.562. The summed E-state index contributed by atoms with van der Waals surface area (Å²) in [5.74, 6) is 1.07. The zero-order chi connectivity index (χ0) is 15.8. The van der Waals surface area contributed by atoms with Gasteiger partial charge in [-0.1, -0.05) is 19.1 Å². The third-order valence-corrected chi connectivity index (χ3v) is 3.08. The number of para-hydroxylation sites is 1. The normalized spacial score (nSPS) is 12.1. The van der Waals surface area contributed by atoms with Gasteiger partial charge in [0.1, 0.15) is 0 Å². The Hall–Kier alpha value is -1.75. The third kappa shape index (κ3) is 5.63. The van der Waals surface area contributed by atoms with Crippen LogP contribution in [0.3, 0.4) is 0 Å². The second kappa shape index (κ2) is 8.52. The Bertz CT molecular complexity index is 461. The number of amides is 1. The Morgan fingerprint density at radius 2 is 2.10 bits per heavy atom. The lowest BCUT2D eigenvalue weighted by molar-refractivity contribution is -0.123. The maximum absolute atomic E-state index is 11.7. The van der Waals surface area contributed by atoms with Crippen molar-refractivity contribution < 1.29 is 14.3 Å². The molecule has 0 spiro atoms. The molecule has 3 N–H and O–H groups in total. The minimum Gasteiger partial charge on any atom is -0.493 e. The van der Waals surface area contributed by atoms with Crippen LogP contribution in [0.5, 0.6) is 11.5 Å². The molecule has 0 fully saturated rings. The molecule has 0 heterocycles. The maximum Gasteiger partial charge on any atom is 0.258 e. The second-order valence-electron chi connectivity index (χ2n) is 5.33. The van der Waals surface area contributed by atoms with Gasteiger partial charge in [-0.05, 0) is 38.3 Å². The van der Waals surface area contributed by atoms with E-state index in [9.17, 15) is 4.79 Å². The molecule has 21 heavy (non-hydrogen) atoms. The van der Waals surface area contributed by atoms with Crippen LogP contribution in [0.15, 0.2) is 18.2 Å². The topological polar surface area (TPSA) is 73.6 Å². The molecule has 0 saturated carbocycles. The highest BCUT2D eigenvalue weighted by Gasteiger charge is 2.14. The van der Waals surface area contributed by atoms with Crippen LogP contribution in [0.25, 0.3) is 0 Å². The average molecular weight is 294 g/mol. The number of methoxy groups -OCH3 is 1. The van der Waals surface area contributed by atoms with Gasteiger partial charge < -0.3 is 20.5 Å². The molecule has 0 aliphatic carbocycles. The van der Waals surface area contributed by atoms with E-state index in [1.165, 1.54) is 0 Å². The predicted octanol–water partition coefficient (Wildman–Crippen LogP) is 1.88. The highest BCUT2D eigenvalue weighted by Crippen LogP contribution is 2.31. The van der Waals surface area contributed by atoms with Crippen molar-refractivity contribution >= 4 is 5.91 Å². The van der Waals surface area contributed by atoms with Gasteiger partial charge in [-0.25, -0.2) is 0 Å². The molecule has 1 unspecified atom stereocenters. The molecule has 0 saturated heterocycles. The first-order chi connectivity index (χ1) is 9.97. The average Bonchev–Trinajstić information content (AvgIpc) is 2.44. The van der Waals surface area contributed by atoms with Crippen LogP contribution in [-0.4, -0.2) is 31.7 Å². The summed E-state index contributed by atoms with van der Waals surface area (Å²) in [7, 11) is 1.58. The van der Waals surface area contributed by atoms with E-state index >= 15 is 0 Å². The second-order valence-corrected chi connectivity index (χ2v) is 5.33. The molecule has 5 heteroatoms. The van der Waals surface area contributed by atoms with E-state index in [4.69, 9.17) is 15.2 Å². The Kier molecular flexibility index (Phi) is 7.02. The lowest BCUT2D eigenvalue weighted by Crippen LogP contribution is -2.34. The molecule has 0 aromatic heterocycles. The fourth-order valence-corrected chi connectivity index (χ4v) is 1.97. The number of hydrogen-bond acceptors (Lipinski definition) is 4. The Balaban J connectivity index is 2.84. The van der Waals surface area contributed by atoms with Crippen LogP contribution in [0, 0.1) is 0 Å². The number of carbonyl (C=O) groups is 1. The van der Waals surface area contributed by atoms with Crippen molar-refractivity contribution in [2.75, 3.05) is 13.7 Å². The molecule has 0 radical (unpaired) electrons. The quantitative estimate of drug-likeness (QED) is 0.768. The van der Waals surface area contributed by atoms with Gasteiger partial charge in [0.25, 0.3) is 5.91 Å². The molecule has 0 bridgehead atoms. The van der Waals surface area contributed by atoms with Crippen LogP contribution >= 0.6 is 0 Å². The lowest BCUT2D eigenvalue weighted by Gasteiger charge is -2.17. The van der Waals surface area contributed by atoms with Gasteiger partial charge in [0.05, 0.1) is 7.11 Å². The molecule has 1 amide bonds. The number of nitrogens with two attached hydrogens (primary N) is 1. The van der Waals surface area contributed by atoms with E-state index < -0.39 is 0 Å². The van der Waals surface area contributed by atoms with Gasteiger partial charge >= 0.3 is 0 Å². The summed E-state index contributed by atoms with van der Waals surface area (Å²) in [6.07, 6.45) is 1.57. The number of hydrogen-bond donors (Lipinski definition) is 2. The van der Waals surface area contributed by atoms with Crippen molar-refractivity contribution in [3.8, 4) is 11.5 Å². The van der Waals surface area contributed by atoms with Gasteiger partial charge in [-0.2, -0.15) is 0 Å². The van der Waals surface area contributed by atoms with Crippen LogP contribution < -0.4 is 20.5 Å². The summed E-state index contributed by atoms with van der Waals surface area (Å²) >= 11 is 0. The first-order valence-electron chi connectivity index (χ1n) is 7.31. The summed E-state index contributed by atoms with van der Waals surface area (Å²) in [5.41, 5.74) is 6.97. The summed E-state index contributed by atoms with van der Waals surface area (Å²) in [6, 6.07) is 5.82.